The van der Waals surface area contributed by atoms with Gasteiger partial charge < -0.3 is 15.0 Å². The molecule has 2 aliphatic carbocycles. The number of nitrogens with zero attached hydrogens (tertiary/aromatic N) is 1. The van der Waals surface area contributed by atoms with Crippen LogP contribution in [-0.4, -0.2) is 41.3 Å². The number of hydrogen-bond donors (Lipinski definition) is 1. The fraction of sp³-hybridized carbons (Fsp3) is 0.842. The van der Waals surface area contributed by atoms with Crippen molar-refractivity contribution < 1.29 is 9.53 Å². The fourth-order valence-corrected chi connectivity index (χ4v) is 4.50. The quantitative estimate of drug-likeness (QED) is 0.803. The summed E-state index contributed by atoms with van der Waals surface area (Å²) in [7, 11) is 0. The van der Waals surface area contributed by atoms with Crippen LogP contribution in [0.3, 0.4) is 0 Å². The topological polar surface area (TPSA) is 41.6 Å². The molecule has 3 rings (SSSR count). The van der Waals surface area contributed by atoms with E-state index in [1.165, 1.54) is 19.3 Å². The summed E-state index contributed by atoms with van der Waals surface area (Å²) in [6.07, 6.45) is 12.8. The number of rotatable bonds is 3. The molecule has 23 heavy (non-hydrogen) atoms. The third-order valence-corrected chi connectivity index (χ3v) is 5.45. The Morgan fingerprint density at radius 1 is 1.13 bits per heavy atom. The first kappa shape index (κ1) is 16.8. The molecule has 1 heterocycles. The second-order valence-corrected chi connectivity index (χ2v) is 8.39. The minimum absolute atomic E-state index is 0.117. The van der Waals surface area contributed by atoms with Crippen LogP contribution in [0.1, 0.15) is 65.7 Å². The molecule has 0 aromatic carbocycles. The van der Waals surface area contributed by atoms with Crippen molar-refractivity contribution >= 4 is 6.09 Å². The van der Waals surface area contributed by atoms with E-state index in [0.29, 0.717) is 24.0 Å². The summed E-state index contributed by atoms with van der Waals surface area (Å²) in [4.78, 5) is 14.6. The van der Waals surface area contributed by atoms with Crippen LogP contribution in [0, 0.1) is 5.92 Å². The average Bonchev–Trinajstić information content (AvgIpc) is 3.17. The van der Waals surface area contributed by atoms with Crippen LogP contribution in [0.4, 0.5) is 4.79 Å². The molecule has 3 unspecified atom stereocenters. The van der Waals surface area contributed by atoms with Crippen molar-refractivity contribution in [2.45, 2.75) is 89.4 Å². The maximum Gasteiger partial charge on any atom is 0.410 e. The molecule has 3 atom stereocenters. The molecule has 0 aromatic rings. The monoisotopic (exact) mass is 320 g/mol. The number of likely N-dealkylation sites (tertiary alicyclic amines) is 1. The smallest absolute Gasteiger partial charge is 0.410 e. The van der Waals surface area contributed by atoms with E-state index in [-0.39, 0.29) is 6.09 Å². The summed E-state index contributed by atoms with van der Waals surface area (Å²) in [5.41, 5.74) is -0.410. The number of carbonyl (C=O) groups excluding carboxylic acids is 1. The highest BCUT2D eigenvalue weighted by atomic mass is 16.6. The highest BCUT2D eigenvalue weighted by Crippen LogP contribution is 2.37. The van der Waals surface area contributed by atoms with Gasteiger partial charge in [-0.1, -0.05) is 18.6 Å². The maximum atomic E-state index is 12.6. The third kappa shape index (κ3) is 4.09. The highest BCUT2D eigenvalue weighted by Gasteiger charge is 2.42. The molecule has 2 fully saturated rings. The van der Waals surface area contributed by atoms with Gasteiger partial charge in [0, 0.05) is 24.7 Å². The molecule has 4 heteroatoms. The first-order chi connectivity index (χ1) is 10.9. The number of amides is 1. The molecule has 3 aliphatic rings. The van der Waals surface area contributed by atoms with Gasteiger partial charge in [-0.25, -0.2) is 4.79 Å². The lowest BCUT2D eigenvalue weighted by Gasteiger charge is -2.35. The SMILES string of the molecule is CC(C)(C)OC(=O)N1CCCC1C1CCCC1NC1CC=CC1. The van der Waals surface area contributed by atoms with Crippen molar-refractivity contribution in [3.63, 3.8) is 0 Å². The van der Waals surface area contributed by atoms with Gasteiger partial charge in [0.15, 0.2) is 0 Å². The Morgan fingerprint density at radius 2 is 1.87 bits per heavy atom. The Kier molecular flexibility index (Phi) is 5.00. The molecule has 1 N–H and O–H groups in total. The summed E-state index contributed by atoms with van der Waals surface area (Å²) in [6.45, 7) is 6.70. The van der Waals surface area contributed by atoms with Crippen LogP contribution in [0.5, 0.6) is 0 Å². The standard InChI is InChI=1S/C19H32N2O2/c1-19(2,3)23-18(22)21-13-7-12-17(21)15-10-6-11-16(15)20-14-8-4-5-9-14/h4-5,14-17,20H,6-13H2,1-3H3. The summed E-state index contributed by atoms with van der Waals surface area (Å²) < 4.78 is 5.64. The molecular formula is C19H32N2O2. The lowest BCUT2D eigenvalue weighted by Crippen LogP contribution is -2.49. The largest absolute Gasteiger partial charge is 0.444 e. The average molecular weight is 320 g/mol. The second kappa shape index (κ2) is 6.84. The number of hydrogen-bond acceptors (Lipinski definition) is 3. The Hall–Kier alpha value is -1.03. The van der Waals surface area contributed by atoms with Gasteiger partial charge in [-0.15, -0.1) is 0 Å². The summed E-state index contributed by atoms with van der Waals surface area (Å²) in [5.74, 6) is 0.589. The molecule has 0 aromatic heterocycles. The van der Waals surface area contributed by atoms with E-state index >= 15 is 0 Å². The van der Waals surface area contributed by atoms with Gasteiger partial charge in [0.05, 0.1) is 0 Å². The Balaban J connectivity index is 1.62. The molecule has 1 saturated heterocycles. The molecule has 4 nitrogen and oxygen atoms in total. The summed E-state index contributed by atoms with van der Waals surface area (Å²) in [6, 6.07) is 1.53. The van der Waals surface area contributed by atoms with E-state index in [1.807, 2.05) is 25.7 Å². The van der Waals surface area contributed by atoms with Gasteiger partial charge in [0.25, 0.3) is 0 Å². The summed E-state index contributed by atoms with van der Waals surface area (Å²) >= 11 is 0. The maximum absolute atomic E-state index is 12.6. The first-order valence-corrected chi connectivity index (χ1v) is 9.35. The van der Waals surface area contributed by atoms with E-state index in [9.17, 15) is 4.79 Å². The van der Waals surface area contributed by atoms with Crippen LogP contribution < -0.4 is 5.32 Å². The molecule has 0 spiro atoms. The van der Waals surface area contributed by atoms with Crippen LogP contribution >= 0.6 is 0 Å². The summed E-state index contributed by atoms with van der Waals surface area (Å²) in [5, 5.41) is 3.87. The Labute approximate surface area is 140 Å². The number of carbonyl (C=O) groups is 1. The zero-order valence-corrected chi connectivity index (χ0v) is 14.9. The van der Waals surface area contributed by atoms with Gasteiger partial charge in [0.1, 0.15) is 5.60 Å². The number of nitrogens with one attached hydrogen (secondary N) is 1. The molecular weight excluding hydrogens is 288 g/mol. The molecule has 1 amide bonds. The van der Waals surface area contributed by atoms with Gasteiger partial charge in [-0.3, -0.25) is 0 Å². The molecule has 0 bridgehead atoms. The predicted octanol–water partition coefficient (Wildman–Crippen LogP) is 3.86. The minimum Gasteiger partial charge on any atom is -0.444 e. The van der Waals surface area contributed by atoms with Crippen molar-refractivity contribution in [2.75, 3.05) is 6.54 Å². The van der Waals surface area contributed by atoms with Crippen LogP contribution in [0.2, 0.25) is 0 Å². The van der Waals surface area contributed by atoms with Crippen molar-refractivity contribution in [3.05, 3.63) is 12.2 Å². The Bertz CT molecular complexity index is 447. The highest BCUT2D eigenvalue weighted by molar-refractivity contribution is 5.69. The van der Waals surface area contributed by atoms with Gasteiger partial charge >= 0.3 is 6.09 Å². The van der Waals surface area contributed by atoms with Crippen molar-refractivity contribution in [1.29, 1.82) is 0 Å². The normalized spacial score (nSPS) is 32.0. The van der Waals surface area contributed by atoms with Crippen LogP contribution in [0.25, 0.3) is 0 Å². The lowest BCUT2D eigenvalue weighted by atomic mass is 9.91. The van der Waals surface area contributed by atoms with Gasteiger partial charge in [-0.05, 0) is 65.2 Å². The zero-order chi connectivity index (χ0) is 16.4. The zero-order valence-electron chi connectivity index (χ0n) is 14.9. The molecule has 1 aliphatic heterocycles. The van der Waals surface area contributed by atoms with Crippen molar-refractivity contribution in [2.24, 2.45) is 5.92 Å². The van der Waals surface area contributed by atoms with E-state index in [2.05, 4.69) is 17.5 Å². The number of ether oxygens (including phenoxy) is 1. The van der Waals surface area contributed by atoms with E-state index in [1.54, 1.807) is 0 Å². The first-order valence-electron chi connectivity index (χ1n) is 9.35. The molecule has 130 valence electrons. The van der Waals surface area contributed by atoms with Crippen LogP contribution in [0.15, 0.2) is 12.2 Å². The van der Waals surface area contributed by atoms with Crippen molar-refractivity contribution in [3.8, 4) is 0 Å². The van der Waals surface area contributed by atoms with Gasteiger partial charge in [0.2, 0.25) is 0 Å². The fourth-order valence-electron chi connectivity index (χ4n) is 4.50. The minimum atomic E-state index is -0.410. The van der Waals surface area contributed by atoms with Crippen LogP contribution in [-0.2, 0) is 4.74 Å². The second-order valence-electron chi connectivity index (χ2n) is 8.39. The molecule has 0 radical (unpaired) electrons. The lowest BCUT2D eigenvalue weighted by molar-refractivity contribution is 0.0165. The predicted molar refractivity (Wildman–Crippen MR) is 92.4 cm³/mol. The van der Waals surface area contributed by atoms with Crippen molar-refractivity contribution in [1.82, 2.24) is 10.2 Å². The van der Waals surface area contributed by atoms with Gasteiger partial charge in [-0.2, -0.15) is 0 Å². The Morgan fingerprint density at radius 3 is 2.57 bits per heavy atom. The molecule has 1 saturated carbocycles. The van der Waals surface area contributed by atoms with E-state index in [4.69, 9.17) is 4.74 Å². The van der Waals surface area contributed by atoms with E-state index in [0.717, 1.165) is 32.2 Å². The third-order valence-electron chi connectivity index (χ3n) is 5.45. The van der Waals surface area contributed by atoms with E-state index < -0.39 is 5.60 Å².